The van der Waals surface area contributed by atoms with Crippen LogP contribution < -0.4 is 15.5 Å². The van der Waals surface area contributed by atoms with Gasteiger partial charge >= 0.3 is 0 Å². The van der Waals surface area contributed by atoms with E-state index in [-0.39, 0.29) is 18.7 Å². The van der Waals surface area contributed by atoms with E-state index in [1.165, 1.54) is 19.3 Å². The van der Waals surface area contributed by atoms with Crippen molar-refractivity contribution in [2.24, 2.45) is 5.92 Å². The van der Waals surface area contributed by atoms with E-state index in [4.69, 9.17) is 0 Å². The Morgan fingerprint density at radius 1 is 1.00 bits per heavy atom. The summed E-state index contributed by atoms with van der Waals surface area (Å²) >= 11 is 0. The number of hydrogen-bond acceptors (Lipinski definition) is 7. The number of anilines is 3. The smallest absolute Gasteiger partial charge is 0.231 e. The molecule has 136 valence electrons. The molecule has 1 aromatic heterocycles. The van der Waals surface area contributed by atoms with Crippen molar-refractivity contribution in [3.63, 3.8) is 0 Å². The molecule has 24 heavy (non-hydrogen) atoms. The van der Waals surface area contributed by atoms with E-state index >= 15 is 0 Å². The fourth-order valence-corrected chi connectivity index (χ4v) is 2.56. The molecular formula is C17H32N6O. The van der Waals surface area contributed by atoms with Gasteiger partial charge in [0.1, 0.15) is 0 Å². The molecule has 2 heterocycles. The summed E-state index contributed by atoms with van der Waals surface area (Å²) in [6.45, 7) is 10.5. The predicted molar refractivity (Wildman–Crippen MR) is 98.6 cm³/mol. The fraction of sp³-hybridized carbons (Fsp3) is 0.824. The fourth-order valence-electron chi connectivity index (χ4n) is 2.56. The van der Waals surface area contributed by atoms with E-state index in [9.17, 15) is 5.11 Å². The van der Waals surface area contributed by atoms with Crippen LogP contribution in [0.3, 0.4) is 0 Å². The molecule has 2 atom stereocenters. The molecule has 1 aliphatic rings. The molecule has 0 saturated carbocycles. The van der Waals surface area contributed by atoms with Crippen LogP contribution in [0.15, 0.2) is 0 Å². The quantitative estimate of drug-likeness (QED) is 0.672. The first kappa shape index (κ1) is 18.7. The molecule has 7 nitrogen and oxygen atoms in total. The Bertz CT molecular complexity index is 478. The van der Waals surface area contributed by atoms with Crippen LogP contribution in [0.4, 0.5) is 17.8 Å². The largest absolute Gasteiger partial charge is 0.394 e. The second-order valence-corrected chi connectivity index (χ2v) is 6.94. The maximum Gasteiger partial charge on any atom is 0.231 e. The first-order valence-electron chi connectivity index (χ1n) is 9.18. The minimum Gasteiger partial charge on any atom is -0.394 e. The molecule has 1 fully saturated rings. The van der Waals surface area contributed by atoms with Gasteiger partial charge in [0.15, 0.2) is 0 Å². The minimum absolute atomic E-state index is 0.0445. The van der Waals surface area contributed by atoms with Crippen LogP contribution in [0, 0.1) is 5.92 Å². The highest BCUT2D eigenvalue weighted by Gasteiger charge is 2.18. The summed E-state index contributed by atoms with van der Waals surface area (Å²) in [5.41, 5.74) is 0. The molecular weight excluding hydrogens is 304 g/mol. The summed E-state index contributed by atoms with van der Waals surface area (Å²) < 4.78 is 0. The van der Waals surface area contributed by atoms with Crippen molar-refractivity contribution in [3.8, 4) is 0 Å². The van der Waals surface area contributed by atoms with Gasteiger partial charge in [0.2, 0.25) is 17.8 Å². The molecule has 0 aliphatic carbocycles. The summed E-state index contributed by atoms with van der Waals surface area (Å²) in [6.07, 6.45) is 4.43. The minimum atomic E-state index is -0.0445. The Balaban J connectivity index is 2.24. The van der Waals surface area contributed by atoms with E-state index in [1.807, 2.05) is 6.92 Å². The predicted octanol–water partition coefficient (Wildman–Crippen LogP) is 2.50. The normalized spacial score (nSPS) is 17.7. The highest BCUT2D eigenvalue weighted by molar-refractivity contribution is 5.44. The Morgan fingerprint density at radius 2 is 1.62 bits per heavy atom. The Kier molecular flexibility index (Phi) is 7.02. The molecule has 0 bridgehead atoms. The zero-order valence-electron chi connectivity index (χ0n) is 15.4. The molecule has 1 unspecified atom stereocenters. The third-order valence-corrected chi connectivity index (χ3v) is 4.67. The number of aliphatic hydroxyl groups excluding tert-OH is 1. The van der Waals surface area contributed by atoms with Crippen LogP contribution in [0.2, 0.25) is 0 Å². The Labute approximate surface area is 145 Å². The monoisotopic (exact) mass is 336 g/mol. The van der Waals surface area contributed by atoms with Gasteiger partial charge in [0.05, 0.1) is 12.6 Å². The van der Waals surface area contributed by atoms with Crippen molar-refractivity contribution in [3.05, 3.63) is 0 Å². The average Bonchev–Trinajstić information content (AvgIpc) is 2.60. The molecule has 3 N–H and O–H groups in total. The molecule has 0 amide bonds. The molecule has 0 spiro atoms. The number of hydrogen-bond donors (Lipinski definition) is 3. The van der Waals surface area contributed by atoms with Gasteiger partial charge in [-0.2, -0.15) is 15.0 Å². The lowest BCUT2D eigenvalue weighted by atomic mass is 10.1. The summed E-state index contributed by atoms with van der Waals surface area (Å²) in [7, 11) is 0. The molecule has 7 heteroatoms. The van der Waals surface area contributed by atoms with Crippen molar-refractivity contribution in [1.82, 2.24) is 15.0 Å². The summed E-state index contributed by atoms with van der Waals surface area (Å²) in [6, 6.07) is 0.228. The zero-order valence-corrected chi connectivity index (χ0v) is 15.4. The number of rotatable bonds is 8. The van der Waals surface area contributed by atoms with E-state index < -0.39 is 0 Å². The number of nitrogens with zero attached hydrogens (tertiary/aromatic N) is 4. The van der Waals surface area contributed by atoms with Gasteiger partial charge < -0.3 is 20.6 Å². The van der Waals surface area contributed by atoms with Crippen LogP contribution in [0.5, 0.6) is 0 Å². The van der Waals surface area contributed by atoms with Crippen molar-refractivity contribution in [2.75, 3.05) is 35.2 Å². The lowest BCUT2D eigenvalue weighted by molar-refractivity contribution is 0.271. The molecule has 2 rings (SSSR count). The van der Waals surface area contributed by atoms with Crippen LogP contribution in [-0.2, 0) is 0 Å². The van der Waals surface area contributed by atoms with Crippen LogP contribution in [0.1, 0.15) is 53.4 Å². The average molecular weight is 336 g/mol. The van der Waals surface area contributed by atoms with Gasteiger partial charge in [0.25, 0.3) is 0 Å². The van der Waals surface area contributed by atoms with E-state index in [1.54, 1.807) is 0 Å². The van der Waals surface area contributed by atoms with Gasteiger partial charge in [-0.05, 0) is 38.5 Å². The van der Waals surface area contributed by atoms with Crippen molar-refractivity contribution >= 4 is 17.8 Å². The van der Waals surface area contributed by atoms with Crippen molar-refractivity contribution in [2.45, 2.75) is 65.5 Å². The third kappa shape index (κ3) is 5.19. The van der Waals surface area contributed by atoms with Gasteiger partial charge in [-0.15, -0.1) is 0 Å². The zero-order chi connectivity index (χ0) is 17.5. The third-order valence-electron chi connectivity index (χ3n) is 4.67. The van der Waals surface area contributed by atoms with E-state index in [0.29, 0.717) is 17.8 Å². The SMILES string of the molecule is CC[C@H](CO)Nc1nc(NC(C)C(C)C)nc(N2CCCCC2)n1. The first-order valence-corrected chi connectivity index (χ1v) is 9.18. The topological polar surface area (TPSA) is 86.2 Å². The van der Waals surface area contributed by atoms with Crippen molar-refractivity contribution < 1.29 is 5.11 Å². The number of piperidine rings is 1. The second kappa shape index (κ2) is 9.01. The summed E-state index contributed by atoms with van der Waals surface area (Å²) in [5.74, 6) is 2.34. The van der Waals surface area contributed by atoms with Gasteiger partial charge in [-0.1, -0.05) is 20.8 Å². The van der Waals surface area contributed by atoms with Crippen LogP contribution >= 0.6 is 0 Å². The van der Waals surface area contributed by atoms with Crippen LogP contribution in [-0.4, -0.2) is 51.8 Å². The number of nitrogens with one attached hydrogen (secondary N) is 2. The first-order chi connectivity index (χ1) is 11.5. The van der Waals surface area contributed by atoms with Crippen molar-refractivity contribution in [1.29, 1.82) is 0 Å². The standard InChI is InChI=1S/C17H32N6O/c1-5-14(11-24)19-16-20-15(18-13(4)12(2)3)21-17(22-16)23-9-7-6-8-10-23/h12-14,24H,5-11H2,1-4H3,(H2,18,19,20,21,22)/t13?,14-/m1/s1. The highest BCUT2D eigenvalue weighted by Crippen LogP contribution is 2.20. The summed E-state index contributed by atoms with van der Waals surface area (Å²) in [5, 5.41) is 16.0. The second-order valence-electron chi connectivity index (χ2n) is 6.94. The van der Waals surface area contributed by atoms with Gasteiger partial charge in [-0.25, -0.2) is 0 Å². The van der Waals surface area contributed by atoms with Gasteiger partial charge in [0, 0.05) is 19.1 Å². The Hall–Kier alpha value is -1.63. The summed E-state index contributed by atoms with van der Waals surface area (Å²) in [4.78, 5) is 15.9. The molecule has 1 saturated heterocycles. The highest BCUT2D eigenvalue weighted by atomic mass is 16.3. The lowest BCUT2D eigenvalue weighted by Crippen LogP contribution is -2.33. The number of aliphatic hydroxyl groups is 1. The molecule has 0 aromatic carbocycles. The molecule has 1 aliphatic heterocycles. The molecule has 0 radical (unpaired) electrons. The van der Waals surface area contributed by atoms with Gasteiger partial charge in [-0.3, -0.25) is 0 Å². The maximum atomic E-state index is 9.43. The van der Waals surface area contributed by atoms with E-state index in [0.717, 1.165) is 25.5 Å². The van der Waals surface area contributed by atoms with E-state index in [2.05, 4.69) is 51.3 Å². The number of aromatic nitrogens is 3. The maximum absolute atomic E-state index is 9.43. The van der Waals surface area contributed by atoms with Crippen LogP contribution in [0.25, 0.3) is 0 Å². The Morgan fingerprint density at radius 3 is 2.17 bits per heavy atom. The lowest BCUT2D eigenvalue weighted by Gasteiger charge is -2.28. The molecule has 1 aromatic rings.